The van der Waals surface area contributed by atoms with Crippen LogP contribution in [0.4, 0.5) is 5.69 Å². The second-order valence-electron chi connectivity index (χ2n) is 6.63. The Kier molecular flexibility index (Phi) is 7.65. The van der Waals surface area contributed by atoms with E-state index >= 15 is 0 Å². The average Bonchev–Trinajstić information content (AvgIpc) is 3.26. The van der Waals surface area contributed by atoms with Gasteiger partial charge in [-0.2, -0.15) is 5.10 Å². The van der Waals surface area contributed by atoms with Crippen LogP contribution in [0.1, 0.15) is 17.0 Å². The summed E-state index contributed by atoms with van der Waals surface area (Å²) >= 11 is 0. The molecule has 1 saturated heterocycles. The van der Waals surface area contributed by atoms with Crippen molar-refractivity contribution in [3.8, 4) is 5.75 Å². The molecule has 0 unspecified atom stereocenters. The number of halogens is 1. The Morgan fingerprint density at radius 3 is 2.85 bits per heavy atom. The van der Waals surface area contributed by atoms with Crippen LogP contribution in [-0.2, 0) is 16.6 Å². The number of ether oxygens (including phenoxy) is 2. The predicted octanol–water partition coefficient (Wildman–Crippen LogP) is 2.12. The number of benzene rings is 1. The zero-order valence-electron chi connectivity index (χ0n) is 15.9. The highest BCUT2D eigenvalue weighted by atomic mass is 35.5. The van der Waals surface area contributed by atoms with Crippen LogP contribution in [0, 0.1) is 12.8 Å². The van der Waals surface area contributed by atoms with Gasteiger partial charge in [-0.1, -0.05) is 0 Å². The molecule has 1 aromatic carbocycles. The number of rotatable bonds is 7. The molecule has 1 aromatic heterocycles. The molecule has 2 heterocycles. The Morgan fingerprint density at radius 1 is 1.37 bits per heavy atom. The fourth-order valence-corrected chi connectivity index (χ4v) is 3.27. The van der Waals surface area contributed by atoms with Crippen LogP contribution in [0.25, 0.3) is 0 Å². The Bertz CT molecular complexity index is 765. The SMILES string of the molecule is COCCOc1ccc(NC(=O)[C@H]2CNC[C@@H]2c2cnn(C)c2)c(C)c1.Cl. The summed E-state index contributed by atoms with van der Waals surface area (Å²) in [6.07, 6.45) is 3.82. The van der Waals surface area contributed by atoms with Crippen LogP contribution in [0.3, 0.4) is 0 Å². The lowest BCUT2D eigenvalue weighted by Crippen LogP contribution is -2.28. The molecule has 1 amide bonds. The molecule has 2 N–H and O–H groups in total. The molecule has 0 aliphatic carbocycles. The highest BCUT2D eigenvalue weighted by Gasteiger charge is 2.34. The monoisotopic (exact) mass is 394 g/mol. The van der Waals surface area contributed by atoms with Gasteiger partial charge in [0, 0.05) is 45.0 Å². The Labute approximate surface area is 165 Å². The summed E-state index contributed by atoms with van der Waals surface area (Å²) in [4.78, 5) is 12.8. The van der Waals surface area contributed by atoms with E-state index in [9.17, 15) is 4.79 Å². The van der Waals surface area contributed by atoms with E-state index in [2.05, 4.69) is 15.7 Å². The number of nitrogens with one attached hydrogen (secondary N) is 2. The molecule has 1 aliphatic heterocycles. The van der Waals surface area contributed by atoms with Crippen molar-refractivity contribution in [3.63, 3.8) is 0 Å². The third kappa shape index (κ3) is 5.22. The van der Waals surface area contributed by atoms with E-state index in [1.807, 2.05) is 44.6 Å². The van der Waals surface area contributed by atoms with E-state index in [0.717, 1.165) is 29.1 Å². The van der Waals surface area contributed by atoms with Gasteiger partial charge in [-0.25, -0.2) is 0 Å². The van der Waals surface area contributed by atoms with Crippen LogP contribution >= 0.6 is 12.4 Å². The van der Waals surface area contributed by atoms with Gasteiger partial charge >= 0.3 is 0 Å². The minimum Gasteiger partial charge on any atom is -0.491 e. The van der Waals surface area contributed by atoms with Crippen molar-refractivity contribution >= 4 is 24.0 Å². The average molecular weight is 395 g/mol. The number of aryl methyl sites for hydroxylation is 2. The van der Waals surface area contributed by atoms with E-state index in [-0.39, 0.29) is 30.2 Å². The molecule has 0 radical (unpaired) electrons. The van der Waals surface area contributed by atoms with E-state index in [1.54, 1.807) is 11.8 Å². The minimum atomic E-state index is -0.115. The van der Waals surface area contributed by atoms with Crippen LogP contribution < -0.4 is 15.4 Å². The molecule has 1 fully saturated rings. The van der Waals surface area contributed by atoms with Gasteiger partial charge in [-0.05, 0) is 36.2 Å². The van der Waals surface area contributed by atoms with E-state index < -0.39 is 0 Å². The number of carbonyl (C=O) groups excluding carboxylic acids is 1. The van der Waals surface area contributed by atoms with E-state index in [0.29, 0.717) is 19.8 Å². The van der Waals surface area contributed by atoms with Crippen molar-refractivity contribution in [2.45, 2.75) is 12.8 Å². The fourth-order valence-electron chi connectivity index (χ4n) is 3.27. The molecule has 0 bridgehead atoms. The zero-order valence-corrected chi connectivity index (χ0v) is 16.7. The molecule has 0 spiro atoms. The van der Waals surface area contributed by atoms with Crippen LogP contribution in [-0.4, -0.2) is 49.1 Å². The van der Waals surface area contributed by atoms with Crippen molar-refractivity contribution in [2.24, 2.45) is 13.0 Å². The number of methoxy groups -OCH3 is 1. The van der Waals surface area contributed by atoms with Gasteiger partial charge in [0.15, 0.2) is 0 Å². The number of nitrogens with zero attached hydrogens (tertiary/aromatic N) is 2. The quantitative estimate of drug-likeness (QED) is 0.703. The standard InChI is InChI=1S/C19H26N4O3.ClH/c1-13-8-15(26-7-6-25-3)4-5-18(13)22-19(24)17-11-20-10-16(17)14-9-21-23(2)12-14;/h4-5,8-9,12,16-17,20H,6-7,10-11H2,1-3H3,(H,22,24);1H/t16-,17+;/m1./s1. The molecule has 7 nitrogen and oxygen atoms in total. The van der Waals surface area contributed by atoms with E-state index in [1.165, 1.54) is 0 Å². The maximum atomic E-state index is 12.8. The maximum Gasteiger partial charge on any atom is 0.229 e. The van der Waals surface area contributed by atoms with Gasteiger partial charge < -0.3 is 20.1 Å². The molecular formula is C19H27ClN4O3. The van der Waals surface area contributed by atoms with Crippen molar-refractivity contribution in [1.29, 1.82) is 0 Å². The third-order valence-corrected chi connectivity index (χ3v) is 4.72. The van der Waals surface area contributed by atoms with Crippen LogP contribution in [0.15, 0.2) is 30.6 Å². The first-order valence-electron chi connectivity index (χ1n) is 8.81. The Morgan fingerprint density at radius 2 is 2.19 bits per heavy atom. The molecule has 1 aliphatic rings. The summed E-state index contributed by atoms with van der Waals surface area (Å²) in [6.45, 7) is 4.46. The Hall–Kier alpha value is -2.09. The molecule has 3 rings (SSSR count). The molecule has 2 aromatic rings. The van der Waals surface area contributed by atoms with Crippen molar-refractivity contribution < 1.29 is 14.3 Å². The number of carbonyl (C=O) groups is 1. The van der Waals surface area contributed by atoms with E-state index in [4.69, 9.17) is 9.47 Å². The lowest BCUT2D eigenvalue weighted by Gasteiger charge is -2.18. The largest absolute Gasteiger partial charge is 0.491 e. The number of aromatic nitrogens is 2. The van der Waals surface area contributed by atoms with Gasteiger partial charge in [0.2, 0.25) is 5.91 Å². The summed E-state index contributed by atoms with van der Waals surface area (Å²) in [7, 11) is 3.53. The first-order valence-corrected chi connectivity index (χ1v) is 8.81. The summed E-state index contributed by atoms with van der Waals surface area (Å²) < 4.78 is 12.4. The smallest absolute Gasteiger partial charge is 0.229 e. The normalized spacial score (nSPS) is 18.8. The molecule has 27 heavy (non-hydrogen) atoms. The number of amides is 1. The third-order valence-electron chi connectivity index (χ3n) is 4.72. The van der Waals surface area contributed by atoms with Gasteiger partial charge in [0.1, 0.15) is 12.4 Å². The van der Waals surface area contributed by atoms with Crippen molar-refractivity contribution in [3.05, 3.63) is 41.7 Å². The lowest BCUT2D eigenvalue weighted by molar-refractivity contribution is -0.119. The highest BCUT2D eigenvalue weighted by Crippen LogP contribution is 2.30. The number of hydrogen-bond acceptors (Lipinski definition) is 5. The number of anilines is 1. The first-order chi connectivity index (χ1) is 12.6. The van der Waals surface area contributed by atoms with Crippen LogP contribution in [0.2, 0.25) is 0 Å². The summed E-state index contributed by atoms with van der Waals surface area (Å²) in [6, 6.07) is 5.68. The lowest BCUT2D eigenvalue weighted by atomic mass is 9.90. The summed E-state index contributed by atoms with van der Waals surface area (Å²) in [5.74, 6) is 0.824. The summed E-state index contributed by atoms with van der Waals surface area (Å²) in [5.41, 5.74) is 2.87. The van der Waals surface area contributed by atoms with Crippen molar-refractivity contribution in [2.75, 3.05) is 38.7 Å². The van der Waals surface area contributed by atoms with Gasteiger partial charge in [-0.15, -0.1) is 12.4 Å². The van der Waals surface area contributed by atoms with Crippen molar-refractivity contribution in [1.82, 2.24) is 15.1 Å². The molecule has 8 heteroatoms. The second-order valence-corrected chi connectivity index (χ2v) is 6.63. The highest BCUT2D eigenvalue weighted by molar-refractivity contribution is 5.94. The zero-order chi connectivity index (χ0) is 18.5. The second kappa shape index (κ2) is 9.73. The predicted molar refractivity (Wildman–Crippen MR) is 107 cm³/mol. The minimum absolute atomic E-state index is 0. The Balaban J connectivity index is 0.00000261. The molecule has 148 valence electrons. The summed E-state index contributed by atoms with van der Waals surface area (Å²) in [5, 5.41) is 10.6. The van der Waals surface area contributed by atoms with Gasteiger partial charge in [0.05, 0.1) is 18.7 Å². The molecule has 2 atom stereocenters. The molecular weight excluding hydrogens is 368 g/mol. The fraction of sp³-hybridized carbons (Fsp3) is 0.474. The first kappa shape index (κ1) is 21.2. The maximum absolute atomic E-state index is 12.8. The van der Waals surface area contributed by atoms with Crippen LogP contribution in [0.5, 0.6) is 5.75 Å². The topological polar surface area (TPSA) is 77.4 Å². The van der Waals surface area contributed by atoms with Gasteiger partial charge in [-0.3, -0.25) is 9.48 Å². The van der Waals surface area contributed by atoms with Gasteiger partial charge in [0.25, 0.3) is 0 Å². The number of hydrogen-bond donors (Lipinski definition) is 2. The molecule has 0 saturated carbocycles.